The van der Waals surface area contributed by atoms with Crippen molar-refractivity contribution in [1.29, 1.82) is 0 Å². The molecule has 1 aliphatic rings. The number of hydrogen-bond acceptors (Lipinski definition) is 2. The van der Waals surface area contributed by atoms with Gasteiger partial charge in [-0.15, -0.1) is 0 Å². The monoisotopic (exact) mass is 126 g/mol. The molecule has 0 fully saturated rings. The van der Waals surface area contributed by atoms with Gasteiger partial charge in [-0.05, 0) is 0 Å². The highest BCUT2D eigenvalue weighted by Gasteiger charge is 2.24. The Bertz CT molecular complexity index is 142. The van der Waals surface area contributed by atoms with Crippen LogP contribution in [0.1, 0.15) is 6.42 Å². The molecule has 48 valence electrons. The van der Waals surface area contributed by atoms with Crippen molar-refractivity contribution < 1.29 is 9.90 Å². The lowest BCUT2D eigenvalue weighted by Crippen LogP contribution is -2.32. The molecule has 0 spiro atoms. The van der Waals surface area contributed by atoms with Crippen LogP contribution >= 0.6 is 0 Å². The van der Waals surface area contributed by atoms with Gasteiger partial charge in [-0.25, -0.2) is 4.90 Å². The van der Waals surface area contributed by atoms with Crippen LogP contribution in [0.15, 0.2) is 6.20 Å². The smallest absolute Gasteiger partial charge is 0.266 e. The molecular formula is C6H8NO2+. The van der Waals surface area contributed by atoms with Gasteiger partial charge in [-0.1, -0.05) is 0 Å². The summed E-state index contributed by atoms with van der Waals surface area (Å²) in [5, 5.41) is 8.32. The summed E-state index contributed by atoms with van der Waals surface area (Å²) in [7, 11) is 0. The van der Waals surface area contributed by atoms with Gasteiger partial charge in [-0.3, -0.25) is 4.79 Å². The lowest BCUT2D eigenvalue weighted by atomic mass is 10.3. The molecular weight excluding hydrogens is 118 g/mol. The Morgan fingerprint density at radius 3 is 2.89 bits per heavy atom. The van der Waals surface area contributed by atoms with Crippen LogP contribution in [0.2, 0.25) is 0 Å². The molecule has 1 aliphatic heterocycles. The van der Waals surface area contributed by atoms with E-state index < -0.39 is 0 Å². The van der Waals surface area contributed by atoms with Crippen LogP contribution in [0, 0.1) is 6.08 Å². The molecule has 0 radical (unpaired) electrons. The molecule has 1 heterocycles. The fourth-order valence-corrected chi connectivity index (χ4v) is 0.582. The van der Waals surface area contributed by atoms with Crippen molar-refractivity contribution in [3.8, 4) is 0 Å². The number of rotatable bonds is 2. The van der Waals surface area contributed by atoms with Crippen molar-refractivity contribution in [3.63, 3.8) is 0 Å². The Morgan fingerprint density at radius 1 is 1.89 bits per heavy atom. The van der Waals surface area contributed by atoms with Crippen LogP contribution < -0.4 is 0 Å². The predicted molar refractivity (Wildman–Crippen MR) is 31.2 cm³/mol. The fourth-order valence-electron chi connectivity index (χ4n) is 0.582. The molecule has 0 bridgehead atoms. The maximum atomic E-state index is 10.7. The maximum Gasteiger partial charge on any atom is 0.266 e. The molecule has 0 aromatic carbocycles. The number of carbonyl (C=O) groups excluding carboxylic acids is 1. The largest absolute Gasteiger partial charge is 0.396 e. The average molecular weight is 126 g/mol. The third-order valence-electron chi connectivity index (χ3n) is 1.15. The normalized spacial score (nSPS) is 14.6. The van der Waals surface area contributed by atoms with E-state index in [-0.39, 0.29) is 18.9 Å². The Labute approximate surface area is 53.6 Å². The second kappa shape index (κ2) is 2.58. The Hall–Kier alpha value is -0.920. The zero-order valence-corrected chi connectivity index (χ0v) is 5.00. The molecule has 0 atom stereocenters. The van der Waals surface area contributed by atoms with E-state index in [1.807, 2.05) is 0 Å². The highest BCUT2D eigenvalue weighted by molar-refractivity contribution is 5.78. The third kappa shape index (κ3) is 1.25. The van der Waals surface area contributed by atoms with Crippen LogP contribution in [-0.4, -0.2) is 29.1 Å². The van der Waals surface area contributed by atoms with Crippen LogP contribution in [0.3, 0.4) is 0 Å². The molecule has 0 aromatic rings. The van der Waals surface area contributed by atoms with Crippen molar-refractivity contribution in [2.75, 3.05) is 13.2 Å². The number of aliphatic hydroxyl groups is 1. The van der Waals surface area contributed by atoms with E-state index in [4.69, 9.17) is 5.11 Å². The molecule has 0 aliphatic carbocycles. The Morgan fingerprint density at radius 2 is 2.56 bits per heavy atom. The number of nitrogens with zero attached hydrogens (tertiary/aromatic N) is 1. The van der Waals surface area contributed by atoms with Crippen molar-refractivity contribution in [3.05, 3.63) is 12.3 Å². The van der Waals surface area contributed by atoms with E-state index in [2.05, 4.69) is 6.08 Å². The minimum Gasteiger partial charge on any atom is -0.396 e. The van der Waals surface area contributed by atoms with Gasteiger partial charge < -0.3 is 5.11 Å². The van der Waals surface area contributed by atoms with Crippen molar-refractivity contribution in [2.45, 2.75) is 6.42 Å². The molecule has 0 saturated carbocycles. The summed E-state index contributed by atoms with van der Waals surface area (Å²) < 4.78 is 0. The Balaban J connectivity index is 2.26. The molecule has 1 rings (SSSR count). The summed E-state index contributed by atoms with van der Waals surface area (Å²) in [6.45, 7) is 0.516. The third-order valence-corrected chi connectivity index (χ3v) is 1.15. The first-order chi connectivity index (χ1) is 4.34. The summed E-state index contributed by atoms with van der Waals surface area (Å²) in [4.78, 5) is 12.2. The van der Waals surface area contributed by atoms with Gasteiger partial charge in [0.15, 0.2) is 0 Å². The minimum atomic E-state index is -0.0663. The van der Waals surface area contributed by atoms with Gasteiger partial charge in [0, 0.05) is 0 Å². The lowest BCUT2D eigenvalue weighted by molar-refractivity contribution is -0.129. The topological polar surface area (TPSA) is 40.5 Å². The van der Waals surface area contributed by atoms with E-state index in [1.165, 1.54) is 4.90 Å². The predicted octanol–water partition coefficient (Wildman–Crippen LogP) is -0.472. The first kappa shape index (κ1) is 6.20. The SMILES string of the molecule is O=C(CCO)N1C=[C+]C1. The number of carbonyl (C=O) groups is 1. The van der Waals surface area contributed by atoms with Gasteiger partial charge in [0.2, 0.25) is 12.5 Å². The maximum absolute atomic E-state index is 10.7. The highest BCUT2D eigenvalue weighted by atomic mass is 16.3. The van der Waals surface area contributed by atoms with Gasteiger partial charge in [0.1, 0.15) is 0 Å². The van der Waals surface area contributed by atoms with E-state index in [1.54, 1.807) is 6.20 Å². The first-order valence-electron chi connectivity index (χ1n) is 2.81. The summed E-state index contributed by atoms with van der Waals surface area (Å²) >= 11 is 0. The molecule has 3 nitrogen and oxygen atoms in total. The Kier molecular flexibility index (Phi) is 1.78. The van der Waals surface area contributed by atoms with Gasteiger partial charge in [-0.2, -0.15) is 0 Å². The zero-order valence-electron chi connectivity index (χ0n) is 5.00. The summed E-state index contributed by atoms with van der Waals surface area (Å²) in [6.07, 6.45) is 4.61. The zero-order chi connectivity index (χ0) is 6.69. The molecule has 0 saturated heterocycles. The van der Waals surface area contributed by atoms with Crippen LogP contribution in [0.25, 0.3) is 0 Å². The number of aliphatic hydroxyl groups excluding tert-OH is 1. The number of hydrogen-bond donors (Lipinski definition) is 1. The molecule has 3 heteroatoms. The van der Waals surface area contributed by atoms with Crippen LogP contribution in [0.4, 0.5) is 0 Å². The molecule has 1 amide bonds. The summed E-state index contributed by atoms with van der Waals surface area (Å²) in [5.74, 6) is -0.0312. The first-order valence-corrected chi connectivity index (χ1v) is 2.81. The van der Waals surface area contributed by atoms with Gasteiger partial charge in [0.25, 0.3) is 12.3 Å². The molecule has 0 unspecified atom stereocenters. The van der Waals surface area contributed by atoms with E-state index in [0.29, 0.717) is 6.54 Å². The average Bonchev–Trinajstić information content (AvgIpc) is 1.60. The van der Waals surface area contributed by atoms with E-state index in [9.17, 15) is 4.79 Å². The number of amides is 1. The minimum absolute atomic E-state index is 0.0312. The lowest BCUT2D eigenvalue weighted by Gasteiger charge is -2.10. The molecule has 9 heavy (non-hydrogen) atoms. The standard InChI is InChI=1S/C6H8NO2/c8-5-2-6(9)7-3-1-4-7/h3,8H,2,4-5H2/q+1. The second-order valence-corrected chi connectivity index (χ2v) is 1.83. The summed E-state index contributed by atoms with van der Waals surface area (Å²) in [5.41, 5.74) is 0. The van der Waals surface area contributed by atoms with E-state index in [0.717, 1.165) is 0 Å². The molecule has 0 aromatic heterocycles. The van der Waals surface area contributed by atoms with Crippen LogP contribution in [0.5, 0.6) is 0 Å². The van der Waals surface area contributed by atoms with Gasteiger partial charge >= 0.3 is 0 Å². The highest BCUT2D eigenvalue weighted by Crippen LogP contribution is 2.02. The van der Waals surface area contributed by atoms with Crippen molar-refractivity contribution >= 4 is 5.91 Å². The fraction of sp³-hybridized carbons (Fsp3) is 0.500. The van der Waals surface area contributed by atoms with E-state index >= 15 is 0 Å². The van der Waals surface area contributed by atoms with Crippen molar-refractivity contribution in [1.82, 2.24) is 4.90 Å². The second-order valence-electron chi connectivity index (χ2n) is 1.83. The molecule has 1 N–H and O–H groups in total. The van der Waals surface area contributed by atoms with Crippen LogP contribution in [-0.2, 0) is 4.79 Å². The summed E-state index contributed by atoms with van der Waals surface area (Å²) in [6, 6.07) is 0. The van der Waals surface area contributed by atoms with Gasteiger partial charge in [0.05, 0.1) is 13.0 Å². The quantitative estimate of drug-likeness (QED) is 0.508. The van der Waals surface area contributed by atoms with Crippen molar-refractivity contribution in [2.24, 2.45) is 0 Å².